The molecule has 1 aliphatic rings. The number of ether oxygens (including phenoxy) is 1. The number of piperazine rings is 1. The van der Waals surface area contributed by atoms with Crippen LogP contribution in [0.25, 0.3) is 0 Å². The van der Waals surface area contributed by atoms with Gasteiger partial charge in [0.25, 0.3) is 0 Å². The molecule has 1 aliphatic heterocycles. The van der Waals surface area contributed by atoms with Gasteiger partial charge >= 0.3 is 0 Å². The number of amides is 1. The van der Waals surface area contributed by atoms with Gasteiger partial charge in [0.1, 0.15) is 5.75 Å². The zero-order valence-corrected chi connectivity index (χ0v) is 18.3. The summed E-state index contributed by atoms with van der Waals surface area (Å²) in [5.74, 6) is 1.34. The molecule has 5 heteroatoms. The quantitative estimate of drug-likeness (QED) is 0.359. The zero-order valence-electron chi connectivity index (χ0n) is 18.3. The van der Waals surface area contributed by atoms with E-state index in [1.807, 2.05) is 36.1 Å². The van der Waals surface area contributed by atoms with Gasteiger partial charge in [-0.2, -0.15) is 0 Å². The highest BCUT2D eigenvalue weighted by molar-refractivity contribution is 5.96. The predicted octanol–water partition coefficient (Wildman–Crippen LogP) is 4.55. The van der Waals surface area contributed by atoms with Crippen LogP contribution in [0, 0.1) is 0 Å². The number of unbranched alkanes of at least 4 members (excludes halogenated alkanes) is 3. The molecule has 0 bridgehead atoms. The molecule has 1 heterocycles. The van der Waals surface area contributed by atoms with Crippen LogP contribution in [0.1, 0.15) is 75.6 Å². The van der Waals surface area contributed by atoms with Crippen molar-refractivity contribution < 1.29 is 14.3 Å². The molecule has 0 saturated carbocycles. The van der Waals surface area contributed by atoms with Gasteiger partial charge in [0.05, 0.1) is 6.61 Å². The number of carbonyl (C=O) groups is 2. The minimum atomic E-state index is 0.226. The molecule has 1 fully saturated rings. The number of rotatable bonds is 13. The van der Waals surface area contributed by atoms with Crippen molar-refractivity contribution in [3.05, 3.63) is 29.8 Å². The summed E-state index contributed by atoms with van der Waals surface area (Å²) in [6.07, 6.45) is 7.68. The van der Waals surface area contributed by atoms with E-state index in [1.54, 1.807) is 0 Å². The van der Waals surface area contributed by atoms with Crippen molar-refractivity contribution in [2.24, 2.45) is 0 Å². The van der Waals surface area contributed by atoms with E-state index >= 15 is 0 Å². The van der Waals surface area contributed by atoms with E-state index in [0.29, 0.717) is 25.4 Å². The Hall–Kier alpha value is -1.88. The van der Waals surface area contributed by atoms with E-state index in [2.05, 4.69) is 11.8 Å². The highest BCUT2D eigenvalue weighted by Gasteiger charge is 2.19. The second kappa shape index (κ2) is 13.4. The maximum Gasteiger partial charge on any atom is 0.222 e. The molecule has 0 radical (unpaired) electrons. The minimum Gasteiger partial charge on any atom is -0.494 e. The van der Waals surface area contributed by atoms with E-state index in [0.717, 1.165) is 69.7 Å². The van der Waals surface area contributed by atoms with E-state index < -0.39 is 0 Å². The molecule has 1 aromatic rings. The lowest BCUT2D eigenvalue weighted by Gasteiger charge is -2.34. The predicted molar refractivity (Wildman–Crippen MR) is 118 cm³/mol. The van der Waals surface area contributed by atoms with Gasteiger partial charge in [-0.05, 0) is 43.5 Å². The van der Waals surface area contributed by atoms with Crippen LogP contribution < -0.4 is 4.74 Å². The normalized spacial score (nSPS) is 14.8. The van der Waals surface area contributed by atoms with Gasteiger partial charge in [-0.25, -0.2) is 0 Å². The molecule has 1 aromatic carbocycles. The van der Waals surface area contributed by atoms with Crippen molar-refractivity contribution in [3.63, 3.8) is 0 Å². The van der Waals surface area contributed by atoms with Crippen LogP contribution in [0.2, 0.25) is 0 Å². The molecule has 0 aromatic heterocycles. The summed E-state index contributed by atoms with van der Waals surface area (Å²) in [5, 5.41) is 0. The van der Waals surface area contributed by atoms with Crippen molar-refractivity contribution in [1.82, 2.24) is 9.80 Å². The Labute approximate surface area is 176 Å². The van der Waals surface area contributed by atoms with Crippen LogP contribution in [0.3, 0.4) is 0 Å². The zero-order chi connectivity index (χ0) is 20.9. The molecular formula is C24H38N2O3. The van der Waals surface area contributed by atoms with E-state index in [1.165, 1.54) is 12.8 Å². The Kier molecular flexibility index (Phi) is 10.8. The number of Topliss-reactive ketones (excluding diaryl/α,β-unsaturated/α-hetero) is 1. The molecule has 0 N–H and O–H groups in total. The number of hydrogen-bond acceptors (Lipinski definition) is 4. The van der Waals surface area contributed by atoms with Crippen LogP contribution in [0.15, 0.2) is 24.3 Å². The Morgan fingerprint density at radius 3 is 2.24 bits per heavy atom. The summed E-state index contributed by atoms with van der Waals surface area (Å²) < 4.78 is 5.83. The third-order valence-corrected chi connectivity index (χ3v) is 5.51. The van der Waals surface area contributed by atoms with Gasteiger partial charge in [0.2, 0.25) is 5.91 Å². The third kappa shape index (κ3) is 8.57. The fourth-order valence-electron chi connectivity index (χ4n) is 3.66. The van der Waals surface area contributed by atoms with Crippen molar-refractivity contribution in [1.29, 1.82) is 0 Å². The molecule has 1 saturated heterocycles. The van der Waals surface area contributed by atoms with Crippen LogP contribution in [0.5, 0.6) is 5.75 Å². The fourth-order valence-corrected chi connectivity index (χ4v) is 3.66. The number of hydrogen-bond donors (Lipinski definition) is 0. The minimum absolute atomic E-state index is 0.226. The van der Waals surface area contributed by atoms with E-state index in [4.69, 9.17) is 4.74 Å². The molecule has 0 aliphatic carbocycles. The summed E-state index contributed by atoms with van der Waals surface area (Å²) in [6.45, 7) is 9.46. The van der Waals surface area contributed by atoms with Crippen molar-refractivity contribution in [2.75, 3.05) is 39.3 Å². The topological polar surface area (TPSA) is 49.9 Å². The Morgan fingerprint density at radius 2 is 1.59 bits per heavy atom. The Bertz CT molecular complexity index is 607. The summed E-state index contributed by atoms with van der Waals surface area (Å²) in [5.41, 5.74) is 0.782. The first-order valence-electron chi connectivity index (χ1n) is 11.4. The molecular weight excluding hydrogens is 364 g/mol. The average molecular weight is 403 g/mol. The Balaban J connectivity index is 1.60. The first kappa shape index (κ1) is 23.4. The first-order valence-corrected chi connectivity index (χ1v) is 11.4. The number of nitrogens with zero attached hydrogens (tertiary/aromatic N) is 2. The van der Waals surface area contributed by atoms with Gasteiger partial charge < -0.3 is 9.64 Å². The summed E-state index contributed by atoms with van der Waals surface area (Å²) in [7, 11) is 0. The average Bonchev–Trinajstić information content (AvgIpc) is 2.75. The smallest absolute Gasteiger partial charge is 0.222 e. The van der Waals surface area contributed by atoms with Crippen LogP contribution in [0.4, 0.5) is 0 Å². The molecule has 5 nitrogen and oxygen atoms in total. The summed E-state index contributed by atoms with van der Waals surface area (Å²) in [4.78, 5) is 28.5. The van der Waals surface area contributed by atoms with Crippen LogP contribution in [-0.2, 0) is 4.79 Å². The number of carbonyl (C=O) groups excluding carboxylic acids is 2. The van der Waals surface area contributed by atoms with Crippen molar-refractivity contribution >= 4 is 11.7 Å². The first-order chi connectivity index (χ1) is 14.1. The lowest BCUT2D eigenvalue weighted by Crippen LogP contribution is -2.48. The number of benzene rings is 1. The fraction of sp³-hybridized carbons (Fsp3) is 0.667. The SMILES string of the molecule is CCCCCCC(=O)c1ccc(OCCCN2CCN(C(=O)CCC)CC2)cc1. The molecule has 2 rings (SSSR count). The van der Waals surface area contributed by atoms with Gasteiger partial charge in [0, 0.05) is 51.1 Å². The Morgan fingerprint density at radius 1 is 0.862 bits per heavy atom. The van der Waals surface area contributed by atoms with E-state index in [-0.39, 0.29) is 5.78 Å². The maximum absolute atomic E-state index is 12.2. The van der Waals surface area contributed by atoms with Crippen LogP contribution >= 0.6 is 0 Å². The maximum atomic E-state index is 12.2. The molecule has 0 spiro atoms. The monoisotopic (exact) mass is 402 g/mol. The van der Waals surface area contributed by atoms with Gasteiger partial charge in [0.15, 0.2) is 5.78 Å². The number of ketones is 1. The lowest BCUT2D eigenvalue weighted by molar-refractivity contribution is -0.133. The van der Waals surface area contributed by atoms with Crippen molar-refractivity contribution in [2.45, 2.75) is 65.2 Å². The van der Waals surface area contributed by atoms with Gasteiger partial charge in [-0.1, -0.05) is 33.1 Å². The molecule has 0 unspecified atom stereocenters. The molecule has 162 valence electrons. The van der Waals surface area contributed by atoms with E-state index in [9.17, 15) is 9.59 Å². The second-order valence-electron chi connectivity index (χ2n) is 7.93. The van der Waals surface area contributed by atoms with Crippen LogP contribution in [-0.4, -0.2) is 60.8 Å². The molecule has 29 heavy (non-hydrogen) atoms. The lowest BCUT2D eigenvalue weighted by atomic mass is 10.0. The second-order valence-corrected chi connectivity index (χ2v) is 7.93. The van der Waals surface area contributed by atoms with Gasteiger partial charge in [-0.15, -0.1) is 0 Å². The third-order valence-electron chi connectivity index (χ3n) is 5.51. The molecule has 0 atom stereocenters. The summed E-state index contributed by atoms with van der Waals surface area (Å²) in [6, 6.07) is 7.56. The standard InChI is InChI=1S/C24H38N2O3/c1-3-5-6-7-10-23(27)21-11-13-22(14-12-21)29-20-8-15-25-16-18-26(19-17-25)24(28)9-4-2/h11-14H,3-10,15-20H2,1-2H3. The molecule has 1 amide bonds. The largest absolute Gasteiger partial charge is 0.494 e. The summed E-state index contributed by atoms with van der Waals surface area (Å²) >= 11 is 0. The van der Waals surface area contributed by atoms with Gasteiger partial charge in [-0.3, -0.25) is 14.5 Å². The highest BCUT2D eigenvalue weighted by Crippen LogP contribution is 2.15. The highest BCUT2D eigenvalue weighted by atomic mass is 16.5. The van der Waals surface area contributed by atoms with Crippen molar-refractivity contribution in [3.8, 4) is 5.75 Å².